The minimum absolute atomic E-state index is 0.115. The van der Waals surface area contributed by atoms with E-state index in [-0.39, 0.29) is 5.91 Å². The van der Waals surface area contributed by atoms with Crippen molar-refractivity contribution in [3.8, 4) is 22.3 Å². The topological polar surface area (TPSA) is 73.1 Å². The Labute approximate surface area is 178 Å². The smallest absolute Gasteiger partial charge is 0.257 e. The maximum absolute atomic E-state index is 13.0. The fourth-order valence-corrected chi connectivity index (χ4v) is 3.85. The third-order valence-corrected chi connectivity index (χ3v) is 5.64. The molecule has 0 bridgehead atoms. The summed E-state index contributed by atoms with van der Waals surface area (Å²) in [6.07, 6.45) is 3.27. The highest BCUT2D eigenvalue weighted by Crippen LogP contribution is 2.23. The van der Waals surface area contributed by atoms with Crippen molar-refractivity contribution in [1.82, 2.24) is 24.6 Å². The summed E-state index contributed by atoms with van der Waals surface area (Å²) in [6, 6.07) is 13.5. The highest BCUT2D eigenvalue weighted by atomic mass is 32.1. The molecule has 1 aromatic carbocycles. The molecule has 7 nitrogen and oxygen atoms in total. The van der Waals surface area contributed by atoms with Gasteiger partial charge in [-0.05, 0) is 42.1 Å². The van der Waals surface area contributed by atoms with Crippen molar-refractivity contribution in [2.24, 2.45) is 0 Å². The molecular formula is C22H21N5O2S. The van der Waals surface area contributed by atoms with Crippen molar-refractivity contribution in [2.75, 3.05) is 14.2 Å². The second-order valence-electron chi connectivity index (χ2n) is 6.79. The van der Waals surface area contributed by atoms with Gasteiger partial charge in [-0.15, -0.1) is 11.3 Å². The number of rotatable bonds is 6. The van der Waals surface area contributed by atoms with Crippen LogP contribution in [0.4, 0.5) is 0 Å². The Morgan fingerprint density at radius 3 is 2.87 bits per heavy atom. The number of benzene rings is 1. The van der Waals surface area contributed by atoms with Gasteiger partial charge in [-0.3, -0.25) is 4.79 Å². The first-order valence-electron chi connectivity index (χ1n) is 9.37. The van der Waals surface area contributed by atoms with Crippen molar-refractivity contribution >= 4 is 17.2 Å². The summed E-state index contributed by atoms with van der Waals surface area (Å²) in [5.41, 5.74) is 3.03. The molecule has 3 heterocycles. The van der Waals surface area contributed by atoms with Crippen LogP contribution in [0.2, 0.25) is 0 Å². The van der Waals surface area contributed by atoms with E-state index in [0.29, 0.717) is 23.8 Å². The van der Waals surface area contributed by atoms with E-state index in [0.717, 1.165) is 21.9 Å². The molecule has 0 radical (unpaired) electrons. The van der Waals surface area contributed by atoms with Crippen LogP contribution in [0.25, 0.3) is 16.5 Å². The van der Waals surface area contributed by atoms with Crippen LogP contribution in [0, 0.1) is 6.92 Å². The summed E-state index contributed by atoms with van der Waals surface area (Å²) in [6.45, 7) is 2.31. The lowest BCUT2D eigenvalue weighted by molar-refractivity contribution is 0.0784. The number of hydrogen-bond acceptors (Lipinski definition) is 6. The SMILES string of the molecule is COc1cccc(CN(C)C(=O)c2cnn(-c3nccc(-c4cccs4)n3)c2C)c1. The van der Waals surface area contributed by atoms with E-state index < -0.39 is 0 Å². The largest absolute Gasteiger partial charge is 0.497 e. The van der Waals surface area contributed by atoms with Gasteiger partial charge in [0.15, 0.2) is 0 Å². The molecule has 0 aliphatic carbocycles. The number of carbonyl (C=O) groups excluding carboxylic acids is 1. The quantitative estimate of drug-likeness (QED) is 0.473. The van der Waals surface area contributed by atoms with E-state index in [1.54, 1.807) is 47.5 Å². The Balaban J connectivity index is 1.57. The third-order valence-electron chi connectivity index (χ3n) is 4.75. The van der Waals surface area contributed by atoms with Gasteiger partial charge >= 0.3 is 0 Å². The number of nitrogens with zero attached hydrogens (tertiary/aromatic N) is 5. The fraction of sp³-hybridized carbons (Fsp3) is 0.182. The van der Waals surface area contributed by atoms with E-state index in [9.17, 15) is 4.79 Å². The zero-order valence-corrected chi connectivity index (χ0v) is 17.8. The standard InChI is InChI=1S/C22H21N5O2S/c1-15-18(21(28)26(2)14-16-6-4-7-17(12-16)29-3)13-24-27(15)22-23-10-9-19(25-22)20-8-5-11-30-20/h4-13H,14H2,1-3H3. The van der Waals surface area contributed by atoms with Crippen LogP contribution in [0.15, 0.2) is 60.2 Å². The first-order valence-corrected chi connectivity index (χ1v) is 10.2. The predicted octanol–water partition coefficient (Wildman–Crippen LogP) is 3.98. The Bertz CT molecular complexity index is 1170. The van der Waals surface area contributed by atoms with Crippen molar-refractivity contribution in [2.45, 2.75) is 13.5 Å². The molecule has 0 aliphatic rings. The average Bonchev–Trinajstić information content (AvgIpc) is 3.43. The zero-order chi connectivity index (χ0) is 21.1. The van der Waals surface area contributed by atoms with Crippen molar-refractivity contribution in [1.29, 1.82) is 0 Å². The molecule has 8 heteroatoms. The van der Waals surface area contributed by atoms with E-state index in [1.807, 2.05) is 54.8 Å². The molecule has 0 atom stereocenters. The van der Waals surface area contributed by atoms with Gasteiger partial charge < -0.3 is 9.64 Å². The van der Waals surface area contributed by atoms with Gasteiger partial charge in [0.1, 0.15) is 5.75 Å². The lowest BCUT2D eigenvalue weighted by atomic mass is 10.2. The lowest BCUT2D eigenvalue weighted by Gasteiger charge is -2.17. The Hall–Kier alpha value is -3.52. The number of carbonyl (C=O) groups is 1. The molecule has 0 spiro atoms. The monoisotopic (exact) mass is 419 g/mol. The molecule has 0 N–H and O–H groups in total. The molecule has 4 rings (SSSR count). The normalized spacial score (nSPS) is 10.8. The fourth-order valence-electron chi connectivity index (χ4n) is 3.16. The van der Waals surface area contributed by atoms with Crippen molar-refractivity contribution < 1.29 is 9.53 Å². The van der Waals surface area contributed by atoms with Gasteiger partial charge in [0.05, 0.1) is 35.1 Å². The molecule has 0 aliphatic heterocycles. The van der Waals surface area contributed by atoms with E-state index in [4.69, 9.17) is 4.74 Å². The maximum atomic E-state index is 13.0. The summed E-state index contributed by atoms with van der Waals surface area (Å²) in [5, 5.41) is 6.38. The summed E-state index contributed by atoms with van der Waals surface area (Å²) in [5.74, 6) is 1.09. The summed E-state index contributed by atoms with van der Waals surface area (Å²) < 4.78 is 6.86. The van der Waals surface area contributed by atoms with Gasteiger partial charge in [-0.2, -0.15) is 5.10 Å². The van der Waals surface area contributed by atoms with Gasteiger partial charge in [0.2, 0.25) is 0 Å². The van der Waals surface area contributed by atoms with Crippen LogP contribution in [0.3, 0.4) is 0 Å². The number of methoxy groups -OCH3 is 1. The van der Waals surface area contributed by atoms with Crippen LogP contribution >= 0.6 is 11.3 Å². The van der Waals surface area contributed by atoms with Crippen LogP contribution < -0.4 is 4.74 Å². The lowest BCUT2D eigenvalue weighted by Crippen LogP contribution is -2.26. The van der Waals surface area contributed by atoms with Crippen LogP contribution in [-0.4, -0.2) is 44.7 Å². The zero-order valence-electron chi connectivity index (χ0n) is 16.9. The van der Waals surface area contributed by atoms with E-state index in [1.165, 1.54) is 0 Å². The van der Waals surface area contributed by atoms with Crippen LogP contribution in [0.5, 0.6) is 5.75 Å². The second kappa shape index (κ2) is 8.46. The molecular weight excluding hydrogens is 398 g/mol. The van der Waals surface area contributed by atoms with Gasteiger partial charge in [0.25, 0.3) is 11.9 Å². The number of ether oxygens (including phenoxy) is 1. The van der Waals surface area contributed by atoms with Crippen LogP contribution in [0.1, 0.15) is 21.6 Å². The molecule has 152 valence electrons. The van der Waals surface area contributed by atoms with Crippen molar-refractivity contribution in [3.05, 3.63) is 77.1 Å². The Morgan fingerprint density at radius 1 is 1.23 bits per heavy atom. The Kier molecular flexibility index (Phi) is 5.58. The van der Waals surface area contributed by atoms with E-state index >= 15 is 0 Å². The maximum Gasteiger partial charge on any atom is 0.257 e. The molecule has 0 saturated heterocycles. The number of thiophene rings is 1. The average molecular weight is 420 g/mol. The highest BCUT2D eigenvalue weighted by Gasteiger charge is 2.20. The molecule has 3 aromatic heterocycles. The first-order chi connectivity index (χ1) is 14.6. The van der Waals surface area contributed by atoms with E-state index in [2.05, 4.69) is 15.1 Å². The van der Waals surface area contributed by atoms with Crippen LogP contribution in [-0.2, 0) is 6.54 Å². The third kappa shape index (κ3) is 3.95. The molecule has 0 saturated carbocycles. The Morgan fingerprint density at radius 2 is 2.10 bits per heavy atom. The molecule has 1 amide bonds. The minimum atomic E-state index is -0.115. The number of aromatic nitrogens is 4. The predicted molar refractivity (Wildman–Crippen MR) is 116 cm³/mol. The molecule has 0 unspecified atom stereocenters. The minimum Gasteiger partial charge on any atom is -0.497 e. The number of hydrogen-bond donors (Lipinski definition) is 0. The van der Waals surface area contributed by atoms with Gasteiger partial charge in [0, 0.05) is 19.8 Å². The molecule has 0 fully saturated rings. The first kappa shape index (κ1) is 19.8. The van der Waals surface area contributed by atoms with Gasteiger partial charge in [-0.1, -0.05) is 18.2 Å². The molecule has 4 aromatic rings. The summed E-state index contributed by atoms with van der Waals surface area (Å²) >= 11 is 1.61. The second-order valence-corrected chi connectivity index (χ2v) is 7.74. The van der Waals surface area contributed by atoms with Gasteiger partial charge in [-0.25, -0.2) is 14.6 Å². The highest BCUT2D eigenvalue weighted by molar-refractivity contribution is 7.13. The van der Waals surface area contributed by atoms with Crippen molar-refractivity contribution in [3.63, 3.8) is 0 Å². The summed E-state index contributed by atoms with van der Waals surface area (Å²) in [7, 11) is 3.40. The summed E-state index contributed by atoms with van der Waals surface area (Å²) in [4.78, 5) is 24.7. The number of amides is 1. The molecule has 30 heavy (non-hydrogen) atoms.